The van der Waals surface area contributed by atoms with Crippen molar-refractivity contribution in [1.29, 1.82) is 0 Å². The van der Waals surface area contributed by atoms with E-state index in [9.17, 15) is 0 Å². The Labute approximate surface area is 160 Å². The third-order valence-corrected chi connectivity index (χ3v) is 4.62. The molecule has 0 saturated carbocycles. The minimum absolute atomic E-state index is 0.653. The lowest BCUT2D eigenvalue weighted by Gasteiger charge is -2.11. The molecular formula is C26H21O. The van der Waals surface area contributed by atoms with E-state index in [1.165, 1.54) is 16.7 Å². The van der Waals surface area contributed by atoms with E-state index < -0.39 is 0 Å². The lowest BCUT2D eigenvalue weighted by Crippen LogP contribution is -2.02. The van der Waals surface area contributed by atoms with Gasteiger partial charge in [-0.2, -0.15) is 0 Å². The smallest absolute Gasteiger partial charge is 0.119 e. The number of benzene rings is 4. The molecule has 0 spiro atoms. The van der Waals surface area contributed by atoms with E-state index in [1.807, 2.05) is 36.4 Å². The third-order valence-electron chi connectivity index (χ3n) is 4.62. The SMILES string of the molecule is [c]1ccccc1-c1ccc(OCCc2ccccc2-c2ccccc2)cc1. The standard InChI is InChI=1S/C26H21O/c1-3-9-21(10-4-1)22-15-17-25(18-16-22)27-20-19-24-13-7-8-14-26(24)23-11-5-2-6-12-23/h1-9,11-18H,19-20H2. The fourth-order valence-corrected chi connectivity index (χ4v) is 3.22. The van der Waals surface area contributed by atoms with Crippen molar-refractivity contribution < 1.29 is 4.74 Å². The Balaban J connectivity index is 1.41. The summed E-state index contributed by atoms with van der Waals surface area (Å²) in [5.41, 5.74) is 6.07. The van der Waals surface area contributed by atoms with Crippen molar-refractivity contribution in [3.63, 3.8) is 0 Å². The second kappa shape index (κ2) is 8.37. The van der Waals surface area contributed by atoms with Crippen LogP contribution in [-0.2, 0) is 6.42 Å². The second-order valence-corrected chi connectivity index (χ2v) is 6.42. The van der Waals surface area contributed by atoms with Gasteiger partial charge in [0.1, 0.15) is 5.75 Å². The van der Waals surface area contributed by atoms with Gasteiger partial charge in [-0.1, -0.05) is 91.0 Å². The van der Waals surface area contributed by atoms with Gasteiger partial charge < -0.3 is 4.74 Å². The predicted octanol–water partition coefficient (Wildman–Crippen LogP) is 6.44. The van der Waals surface area contributed by atoms with Crippen molar-refractivity contribution >= 4 is 0 Å². The highest BCUT2D eigenvalue weighted by Gasteiger charge is 2.05. The summed E-state index contributed by atoms with van der Waals surface area (Å²) < 4.78 is 5.98. The molecule has 1 heteroatoms. The van der Waals surface area contributed by atoms with Crippen LogP contribution < -0.4 is 4.74 Å². The summed E-state index contributed by atoms with van der Waals surface area (Å²) >= 11 is 0. The second-order valence-electron chi connectivity index (χ2n) is 6.42. The third kappa shape index (κ3) is 4.27. The van der Waals surface area contributed by atoms with Crippen molar-refractivity contribution in [3.8, 4) is 28.0 Å². The van der Waals surface area contributed by atoms with E-state index in [1.54, 1.807) is 0 Å². The minimum Gasteiger partial charge on any atom is -0.493 e. The molecule has 0 amide bonds. The van der Waals surface area contributed by atoms with Gasteiger partial charge in [0.25, 0.3) is 0 Å². The molecule has 0 aliphatic carbocycles. The van der Waals surface area contributed by atoms with E-state index in [0.717, 1.165) is 23.3 Å². The molecular weight excluding hydrogens is 328 g/mol. The molecule has 27 heavy (non-hydrogen) atoms. The molecule has 0 aliphatic heterocycles. The van der Waals surface area contributed by atoms with Gasteiger partial charge in [-0.05, 0) is 46.0 Å². The summed E-state index contributed by atoms with van der Waals surface area (Å²) in [7, 11) is 0. The molecule has 4 aromatic rings. The maximum Gasteiger partial charge on any atom is 0.119 e. The first kappa shape index (κ1) is 17.1. The van der Waals surface area contributed by atoms with Crippen LogP contribution in [0.2, 0.25) is 0 Å². The lowest BCUT2D eigenvalue weighted by atomic mass is 9.98. The van der Waals surface area contributed by atoms with E-state index in [4.69, 9.17) is 4.74 Å². The molecule has 1 radical (unpaired) electrons. The first-order valence-corrected chi connectivity index (χ1v) is 9.23. The Morgan fingerprint density at radius 1 is 0.630 bits per heavy atom. The largest absolute Gasteiger partial charge is 0.493 e. The molecule has 0 fully saturated rings. The summed E-state index contributed by atoms with van der Waals surface area (Å²) in [4.78, 5) is 0. The first-order chi connectivity index (χ1) is 13.4. The number of hydrogen-bond donors (Lipinski definition) is 0. The van der Waals surface area contributed by atoms with Gasteiger partial charge in [-0.25, -0.2) is 0 Å². The van der Waals surface area contributed by atoms with E-state index in [0.29, 0.717) is 6.61 Å². The van der Waals surface area contributed by atoms with E-state index in [2.05, 4.69) is 72.8 Å². The summed E-state index contributed by atoms with van der Waals surface area (Å²) in [6.07, 6.45) is 0.874. The molecule has 0 aliphatic rings. The first-order valence-electron chi connectivity index (χ1n) is 9.23. The average Bonchev–Trinajstić information content (AvgIpc) is 2.76. The molecule has 1 nitrogen and oxygen atoms in total. The van der Waals surface area contributed by atoms with Crippen LogP contribution in [-0.4, -0.2) is 6.61 Å². The zero-order chi connectivity index (χ0) is 18.3. The summed E-state index contributed by atoms with van der Waals surface area (Å²) in [6.45, 7) is 0.653. The zero-order valence-electron chi connectivity index (χ0n) is 15.1. The molecule has 131 valence electrons. The van der Waals surface area contributed by atoms with Crippen molar-refractivity contribution in [2.24, 2.45) is 0 Å². The normalized spacial score (nSPS) is 10.5. The van der Waals surface area contributed by atoms with Gasteiger partial charge in [0.05, 0.1) is 6.61 Å². The van der Waals surface area contributed by atoms with Crippen molar-refractivity contribution in [1.82, 2.24) is 0 Å². The van der Waals surface area contributed by atoms with Gasteiger partial charge in [0, 0.05) is 6.42 Å². The van der Waals surface area contributed by atoms with Crippen LogP contribution in [0.3, 0.4) is 0 Å². The van der Waals surface area contributed by atoms with Gasteiger partial charge in [-0.15, -0.1) is 0 Å². The summed E-state index contributed by atoms with van der Waals surface area (Å²) in [6, 6.07) is 38.5. The predicted molar refractivity (Wildman–Crippen MR) is 112 cm³/mol. The van der Waals surface area contributed by atoms with E-state index >= 15 is 0 Å². The number of hydrogen-bond acceptors (Lipinski definition) is 1. The maximum absolute atomic E-state index is 5.98. The zero-order valence-corrected chi connectivity index (χ0v) is 15.1. The highest BCUT2D eigenvalue weighted by atomic mass is 16.5. The van der Waals surface area contributed by atoms with Crippen molar-refractivity contribution in [2.45, 2.75) is 6.42 Å². The fourth-order valence-electron chi connectivity index (χ4n) is 3.22. The van der Waals surface area contributed by atoms with E-state index in [-0.39, 0.29) is 0 Å². The minimum atomic E-state index is 0.653. The summed E-state index contributed by atoms with van der Waals surface area (Å²) in [5, 5.41) is 0. The Hall–Kier alpha value is -3.32. The highest BCUT2D eigenvalue weighted by Crippen LogP contribution is 2.25. The molecule has 4 rings (SSSR count). The van der Waals surface area contributed by atoms with Gasteiger partial charge in [0.2, 0.25) is 0 Å². The molecule has 0 saturated heterocycles. The quantitative estimate of drug-likeness (QED) is 0.389. The van der Waals surface area contributed by atoms with Crippen LogP contribution in [0.4, 0.5) is 0 Å². The van der Waals surface area contributed by atoms with Crippen LogP contribution in [0.25, 0.3) is 22.3 Å². The van der Waals surface area contributed by atoms with Crippen molar-refractivity contribution in [3.05, 3.63) is 115 Å². The van der Waals surface area contributed by atoms with Crippen molar-refractivity contribution in [2.75, 3.05) is 6.61 Å². The van der Waals surface area contributed by atoms with Gasteiger partial charge >= 0.3 is 0 Å². The Morgan fingerprint density at radius 3 is 2.15 bits per heavy atom. The van der Waals surface area contributed by atoms with Gasteiger partial charge in [0.15, 0.2) is 0 Å². The Morgan fingerprint density at radius 2 is 1.37 bits per heavy atom. The Bertz CT molecular complexity index is 973. The Kier molecular flexibility index (Phi) is 5.31. The highest BCUT2D eigenvalue weighted by molar-refractivity contribution is 5.67. The summed E-state index contributed by atoms with van der Waals surface area (Å²) in [5.74, 6) is 0.895. The molecule has 4 aromatic carbocycles. The fraction of sp³-hybridized carbons (Fsp3) is 0.0769. The molecule has 0 heterocycles. The monoisotopic (exact) mass is 349 g/mol. The molecule has 0 bridgehead atoms. The molecule has 0 unspecified atom stereocenters. The van der Waals surface area contributed by atoms with Crippen LogP contribution in [0.5, 0.6) is 5.75 Å². The van der Waals surface area contributed by atoms with Crippen LogP contribution in [0, 0.1) is 6.07 Å². The number of ether oxygens (including phenoxy) is 1. The molecule has 0 aromatic heterocycles. The van der Waals surface area contributed by atoms with Crippen LogP contribution in [0.1, 0.15) is 5.56 Å². The van der Waals surface area contributed by atoms with Crippen LogP contribution >= 0.6 is 0 Å². The molecule has 0 N–H and O–H groups in total. The van der Waals surface area contributed by atoms with Crippen LogP contribution in [0.15, 0.2) is 103 Å². The lowest BCUT2D eigenvalue weighted by molar-refractivity contribution is 0.322. The molecule has 0 atom stereocenters. The average molecular weight is 349 g/mol. The topological polar surface area (TPSA) is 9.23 Å². The van der Waals surface area contributed by atoms with Gasteiger partial charge in [-0.3, -0.25) is 0 Å². The maximum atomic E-state index is 5.98. The number of rotatable bonds is 6.